The van der Waals surface area contributed by atoms with Crippen LogP contribution >= 0.6 is 0 Å². The molecule has 0 radical (unpaired) electrons. The topological polar surface area (TPSA) is 80.7 Å². The molecule has 0 amide bonds. The van der Waals surface area contributed by atoms with Crippen LogP contribution < -0.4 is 4.74 Å². The van der Waals surface area contributed by atoms with Crippen LogP contribution in [-0.4, -0.2) is 18.9 Å². The van der Waals surface area contributed by atoms with E-state index in [1.807, 2.05) is 0 Å². The summed E-state index contributed by atoms with van der Waals surface area (Å²) in [5.74, 6) is -0.599. The quantitative estimate of drug-likeness (QED) is 0.225. The van der Waals surface area contributed by atoms with Gasteiger partial charge in [-0.1, -0.05) is 76.8 Å². The highest BCUT2D eigenvalue weighted by Crippen LogP contribution is 2.23. The van der Waals surface area contributed by atoms with E-state index in [1.165, 1.54) is 63.1 Å². The average Bonchev–Trinajstić information content (AvgIpc) is 2.56. The maximum atomic E-state index is 11.8. The smallest absolute Gasteiger partial charge is 0.311 e. The van der Waals surface area contributed by atoms with Gasteiger partial charge in [-0.25, -0.2) is 0 Å². The van der Waals surface area contributed by atoms with Crippen molar-refractivity contribution >= 4 is 16.1 Å². The molecule has 0 saturated carbocycles. The summed E-state index contributed by atoms with van der Waals surface area (Å²) in [6.07, 6.45) is 12.0. The van der Waals surface area contributed by atoms with Gasteiger partial charge in [0.05, 0.1) is 0 Å². The van der Waals surface area contributed by atoms with Crippen LogP contribution in [-0.2, 0) is 14.9 Å². The molecule has 0 aromatic heterocycles. The molecule has 1 aromatic carbocycles. The average molecular weight is 371 g/mol. The Morgan fingerprint density at radius 3 is 2.00 bits per heavy atom. The van der Waals surface area contributed by atoms with E-state index in [4.69, 9.17) is 9.29 Å². The maximum absolute atomic E-state index is 11.8. The van der Waals surface area contributed by atoms with Crippen LogP contribution in [0.4, 0.5) is 0 Å². The van der Waals surface area contributed by atoms with Gasteiger partial charge in [-0.15, -0.1) is 0 Å². The number of hydrogen-bond donors (Lipinski definition) is 1. The lowest BCUT2D eigenvalue weighted by Crippen LogP contribution is -2.10. The number of hydrogen-bond acceptors (Lipinski definition) is 4. The number of esters is 1. The number of benzene rings is 1. The first-order valence-corrected chi connectivity index (χ1v) is 10.7. The summed E-state index contributed by atoms with van der Waals surface area (Å²) in [5.41, 5.74) is 0. The molecule has 0 heterocycles. The van der Waals surface area contributed by atoms with Crippen molar-refractivity contribution in [3.63, 3.8) is 0 Å². The minimum absolute atomic E-state index is 0.123. The van der Waals surface area contributed by atoms with Crippen LogP contribution in [0.15, 0.2) is 29.2 Å². The van der Waals surface area contributed by atoms with E-state index in [0.717, 1.165) is 19.3 Å². The zero-order valence-electron chi connectivity index (χ0n) is 15.1. The molecular formula is C19H30O5S. The lowest BCUT2D eigenvalue weighted by molar-refractivity contribution is -0.134. The Labute approximate surface area is 151 Å². The standard InChI is InChI=1S/C19H30O5S/c1-2-3-4-5-6-7-8-9-10-11-16-19(20)24-17-14-12-13-15-18(17)25(21,22)23/h12-15H,2-11,16H2,1H3,(H,21,22,23). The van der Waals surface area contributed by atoms with Crippen molar-refractivity contribution in [1.82, 2.24) is 0 Å². The Morgan fingerprint density at radius 2 is 1.44 bits per heavy atom. The van der Waals surface area contributed by atoms with Gasteiger partial charge in [-0.05, 0) is 18.6 Å². The summed E-state index contributed by atoms with van der Waals surface area (Å²) in [6.45, 7) is 2.21. The summed E-state index contributed by atoms with van der Waals surface area (Å²) in [6, 6.07) is 5.58. The molecule has 0 aliphatic carbocycles. The van der Waals surface area contributed by atoms with Gasteiger partial charge in [0, 0.05) is 6.42 Å². The third-order valence-electron chi connectivity index (χ3n) is 4.09. The molecular weight excluding hydrogens is 340 g/mol. The molecule has 0 saturated heterocycles. The molecule has 1 rings (SSSR count). The van der Waals surface area contributed by atoms with Gasteiger partial charge in [0.2, 0.25) is 0 Å². The summed E-state index contributed by atoms with van der Waals surface area (Å²) in [7, 11) is -4.40. The van der Waals surface area contributed by atoms with Gasteiger partial charge in [-0.2, -0.15) is 8.42 Å². The monoisotopic (exact) mass is 370 g/mol. The second-order valence-corrected chi connectivity index (χ2v) is 7.72. The number of ether oxygens (including phenoxy) is 1. The van der Waals surface area contributed by atoms with Crippen molar-refractivity contribution in [2.75, 3.05) is 0 Å². The molecule has 0 fully saturated rings. The van der Waals surface area contributed by atoms with E-state index >= 15 is 0 Å². The summed E-state index contributed by atoms with van der Waals surface area (Å²) < 4.78 is 36.7. The normalized spacial score (nSPS) is 11.4. The van der Waals surface area contributed by atoms with Gasteiger partial charge >= 0.3 is 5.97 Å². The van der Waals surface area contributed by atoms with Gasteiger partial charge in [0.15, 0.2) is 5.75 Å². The number of rotatable bonds is 13. The van der Waals surface area contributed by atoms with Crippen molar-refractivity contribution in [3.05, 3.63) is 24.3 Å². The highest BCUT2D eigenvalue weighted by molar-refractivity contribution is 7.86. The van der Waals surface area contributed by atoms with Crippen LogP contribution in [0.25, 0.3) is 0 Å². The zero-order chi connectivity index (χ0) is 18.5. The predicted molar refractivity (Wildman–Crippen MR) is 98.4 cm³/mol. The zero-order valence-corrected chi connectivity index (χ0v) is 15.9. The van der Waals surface area contributed by atoms with E-state index in [0.29, 0.717) is 0 Å². The van der Waals surface area contributed by atoms with Crippen LogP contribution in [0.5, 0.6) is 5.75 Å². The lowest BCUT2D eigenvalue weighted by atomic mass is 10.1. The first-order valence-electron chi connectivity index (χ1n) is 9.22. The Balaban J connectivity index is 2.18. The molecule has 0 bridgehead atoms. The van der Waals surface area contributed by atoms with Gasteiger partial charge in [0.1, 0.15) is 4.90 Å². The van der Waals surface area contributed by atoms with Gasteiger partial charge < -0.3 is 4.74 Å². The molecule has 6 heteroatoms. The Kier molecular flexibility index (Phi) is 10.4. The molecule has 1 N–H and O–H groups in total. The third kappa shape index (κ3) is 9.60. The van der Waals surface area contributed by atoms with Crippen LogP contribution in [0, 0.1) is 0 Å². The van der Waals surface area contributed by atoms with Crippen LogP contribution in [0.3, 0.4) is 0 Å². The second-order valence-electron chi connectivity index (χ2n) is 6.33. The van der Waals surface area contributed by atoms with E-state index in [9.17, 15) is 13.2 Å². The van der Waals surface area contributed by atoms with Crippen molar-refractivity contribution < 1.29 is 22.5 Å². The van der Waals surface area contributed by atoms with Gasteiger partial charge in [0.25, 0.3) is 10.1 Å². The van der Waals surface area contributed by atoms with Crippen molar-refractivity contribution in [2.45, 2.75) is 82.4 Å². The second kappa shape index (κ2) is 12.0. The molecule has 0 unspecified atom stereocenters. The minimum atomic E-state index is -4.40. The van der Waals surface area contributed by atoms with E-state index < -0.39 is 16.1 Å². The van der Waals surface area contributed by atoms with Crippen molar-refractivity contribution in [1.29, 1.82) is 0 Å². The fraction of sp³-hybridized carbons (Fsp3) is 0.632. The largest absolute Gasteiger partial charge is 0.425 e. The minimum Gasteiger partial charge on any atom is -0.425 e. The highest BCUT2D eigenvalue weighted by Gasteiger charge is 2.17. The maximum Gasteiger partial charge on any atom is 0.311 e. The number of carbonyl (C=O) groups is 1. The molecule has 0 spiro atoms. The molecule has 142 valence electrons. The number of unbranched alkanes of at least 4 members (excludes halogenated alkanes) is 9. The van der Waals surface area contributed by atoms with Crippen molar-refractivity contribution in [3.8, 4) is 5.75 Å². The fourth-order valence-electron chi connectivity index (χ4n) is 2.68. The molecule has 1 aromatic rings. The van der Waals surface area contributed by atoms with E-state index in [-0.39, 0.29) is 17.1 Å². The predicted octanol–water partition coefficient (Wildman–Crippen LogP) is 5.15. The summed E-state index contributed by atoms with van der Waals surface area (Å²) in [5, 5.41) is 0. The molecule has 5 nitrogen and oxygen atoms in total. The summed E-state index contributed by atoms with van der Waals surface area (Å²) in [4.78, 5) is 11.4. The van der Waals surface area contributed by atoms with E-state index in [2.05, 4.69) is 6.92 Å². The van der Waals surface area contributed by atoms with E-state index in [1.54, 1.807) is 6.07 Å². The van der Waals surface area contributed by atoms with Crippen LogP contribution in [0.1, 0.15) is 77.6 Å². The molecule has 0 aliphatic heterocycles. The lowest BCUT2D eigenvalue weighted by Gasteiger charge is -2.08. The van der Waals surface area contributed by atoms with Crippen LogP contribution in [0.2, 0.25) is 0 Å². The SMILES string of the molecule is CCCCCCCCCCCCC(=O)Oc1ccccc1S(=O)(=O)O. The first-order chi connectivity index (χ1) is 11.9. The highest BCUT2D eigenvalue weighted by atomic mass is 32.2. The molecule has 0 aliphatic rings. The Bertz CT molecular complexity index is 610. The molecule has 25 heavy (non-hydrogen) atoms. The Hall–Kier alpha value is -1.40. The first kappa shape index (κ1) is 21.6. The third-order valence-corrected chi connectivity index (χ3v) is 4.98. The fourth-order valence-corrected chi connectivity index (χ4v) is 3.29. The number of para-hydroxylation sites is 1. The van der Waals surface area contributed by atoms with Gasteiger partial charge in [-0.3, -0.25) is 9.35 Å². The Morgan fingerprint density at radius 1 is 0.920 bits per heavy atom. The number of carbonyl (C=O) groups excluding carboxylic acids is 1. The molecule has 0 atom stereocenters. The van der Waals surface area contributed by atoms with Crippen molar-refractivity contribution in [2.24, 2.45) is 0 Å². The summed E-state index contributed by atoms with van der Waals surface area (Å²) >= 11 is 0.